The number of rotatable bonds is 5. The van der Waals surface area contributed by atoms with Gasteiger partial charge in [-0.05, 0) is 24.6 Å². The summed E-state index contributed by atoms with van der Waals surface area (Å²) in [5.41, 5.74) is 1.19. The zero-order valence-electron chi connectivity index (χ0n) is 18.7. The Balaban J connectivity index is 1.27. The quantitative estimate of drug-likeness (QED) is 0.428. The number of carbonyl (C=O) groups excluding carboxylic acids is 1. The van der Waals surface area contributed by atoms with Crippen molar-refractivity contribution in [1.82, 2.24) is 33.6 Å². The summed E-state index contributed by atoms with van der Waals surface area (Å²) in [7, 11) is 2.95. The number of halogens is 1. The van der Waals surface area contributed by atoms with Crippen molar-refractivity contribution in [3.05, 3.63) is 56.2 Å². The van der Waals surface area contributed by atoms with E-state index < -0.39 is 23.4 Å². The molecule has 0 unspecified atom stereocenters. The molecule has 0 spiro atoms. The second-order valence-corrected chi connectivity index (χ2v) is 9.10. The first-order chi connectivity index (χ1) is 16.2. The number of carbonyl (C=O) groups is 1. The molecular weight excluding hydrogens is 462 g/mol. The Kier molecular flexibility index (Phi) is 5.53. The lowest BCUT2D eigenvalue weighted by Gasteiger charge is -2.18. The van der Waals surface area contributed by atoms with Crippen LogP contribution in [0, 0.1) is 0 Å². The highest BCUT2D eigenvalue weighted by Crippen LogP contribution is 2.26. The van der Waals surface area contributed by atoms with E-state index in [1.165, 1.54) is 17.9 Å². The molecule has 5 rings (SSSR count). The molecule has 0 saturated carbocycles. The SMILES string of the molecule is Cn1c(=O)c2ncn([C@H]3CN(C(=O)CCCc4nc5ccc(Cl)cc5[nH]4)C[C@@H]3O)c2n(C)c1=O. The number of aliphatic hydroxyl groups is 1. The van der Waals surface area contributed by atoms with Gasteiger partial charge in [-0.15, -0.1) is 0 Å². The Morgan fingerprint density at radius 1 is 1.24 bits per heavy atom. The number of amides is 1. The van der Waals surface area contributed by atoms with E-state index in [4.69, 9.17) is 11.6 Å². The van der Waals surface area contributed by atoms with Crippen LogP contribution in [0.2, 0.25) is 5.02 Å². The van der Waals surface area contributed by atoms with Crippen LogP contribution < -0.4 is 11.2 Å². The van der Waals surface area contributed by atoms with Gasteiger partial charge in [0.2, 0.25) is 5.91 Å². The van der Waals surface area contributed by atoms with Crippen LogP contribution in [0.5, 0.6) is 0 Å². The van der Waals surface area contributed by atoms with E-state index in [9.17, 15) is 19.5 Å². The molecule has 4 heterocycles. The van der Waals surface area contributed by atoms with Crippen molar-refractivity contribution >= 4 is 39.7 Å². The van der Waals surface area contributed by atoms with E-state index in [0.717, 1.165) is 21.4 Å². The molecule has 1 aromatic carbocycles. The van der Waals surface area contributed by atoms with E-state index in [1.54, 1.807) is 22.6 Å². The van der Waals surface area contributed by atoms with E-state index >= 15 is 0 Å². The molecule has 1 aliphatic rings. The number of β-amino-alcohol motifs (C(OH)–C–C–N with tert-alkyl or cyclic N) is 1. The summed E-state index contributed by atoms with van der Waals surface area (Å²) < 4.78 is 3.95. The fourth-order valence-electron chi connectivity index (χ4n) is 4.61. The molecule has 1 fully saturated rings. The number of hydrogen-bond donors (Lipinski definition) is 2. The molecule has 2 N–H and O–H groups in total. The van der Waals surface area contributed by atoms with Crippen LogP contribution in [0.4, 0.5) is 0 Å². The second-order valence-electron chi connectivity index (χ2n) is 8.66. The summed E-state index contributed by atoms with van der Waals surface area (Å²) in [5.74, 6) is 0.715. The van der Waals surface area contributed by atoms with Crippen molar-refractivity contribution in [2.45, 2.75) is 31.4 Å². The highest BCUT2D eigenvalue weighted by molar-refractivity contribution is 6.31. The van der Waals surface area contributed by atoms with Crippen LogP contribution in [0.3, 0.4) is 0 Å². The minimum absolute atomic E-state index is 0.0741. The number of aromatic nitrogens is 6. The molecule has 0 radical (unpaired) electrons. The summed E-state index contributed by atoms with van der Waals surface area (Å²) in [5, 5.41) is 11.3. The molecule has 34 heavy (non-hydrogen) atoms. The number of likely N-dealkylation sites (tertiary alicyclic amines) is 1. The lowest BCUT2D eigenvalue weighted by atomic mass is 10.2. The van der Waals surface area contributed by atoms with Crippen LogP contribution in [-0.2, 0) is 25.3 Å². The summed E-state index contributed by atoms with van der Waals surface area (Å²) in [6.07, 6.45) is 2.11. The molecule has 1 amide bonds. The van der Waals surface area contributed by atoms with E-state index in [0.29, 0.717) is 29.9 Å². The van der Waals surface area contributed by atoms with E-state index in [-0.39, 0.29) is 24.5 Å². The number of aromatic amines is 1. The smallest absolute Gasteiger partial charge is 0.332 e. The lowest BCUT2D eigenvalue weighted by molar-refractivity contribution is -0.130. The van der Waals surface area contributed by atoms with Gasteiger partial charge < -0.3 is 19.6 Å². The van der Waals surface area contributed by atoms with Crippen molar-refractivity contribution in [1.29, 1.82) is 0 Å². The molecule has 1 saturated heterocycles. The minimum atomic E-state index is -0.847. The zero-order valence-corrected chi connectivity index (χ0v) is 19.5. The normalized spacial score (nSPS) is 18.4. The number of aliphatic hydroxyl groups excluding tert-OH is 1. The Bertz CT molecular complexity index is 1530. The number of fused-ring (bicyclic) bond motifs is 2. The largest absolute Gasteiger partial charge is 0.389 e. The zero-order chi connectivity index (χ0) is 24.1. The number of benzene rings is 1. The first-order valence-electron chi connectivity index (χ1n) is 11.0. The fourth-order valence-corrected chi connectivity index (χ4v) is 4.78. The predicted molar refractivity (Wildman–Crippen MR) is 126 cm³/mol. The van der Waals surface area contributed by atoms with Crippen LogP contribution in [0.15, 0.2) is 34.1 Å². The van der Waals surface area contributed by atoms with Gasteiger partial charge in [-0.2, -0.15) is 0 Å². The van der Waals surface area contributed by atoms with Crippen molar-refractivity contribution in [2.24, 2.45) is 14.1 Å². The number of aryl methyl sites for hydroxylation is 2. The predicted octanol–water partition coefficient (Wildman–Crippen LogP) is 0.730. The first kappa shape index (κ1) is 22.4. The fraction of sp³-hybridized carbons (Fsp3) is 0.409. The Labute approximate surface area is 198 Å². The van der Waals surface area contributed by atoms with Crippen molar-refractivity contribution in [3.63, 3.8) is 0 Å². The van der Waals surface area contributed by atoms with Crippen molar-refractivity contribution in [2.75, 3.05) is 13.1 Å². The van der Waals surface area contributed by atoms with Gasteiger partial charge in [-0.3, -0.25) is 18.7 Å². The Morgan fingerprint density at radius 3 is 2.82 bits per heavy atom. The number of hydrogen-bond acceptors (Lipinski definition) is 6. The van der Waals surface area contributed by atoms with Gasteiger partial charge in [0, 0.05) is 45.0 Å². The molecule has 2 atom stereocenters. The first-order valence-corrected chi connectivity index (χ1v) is 11.3. The van der Waals surface area contributed by atoms with Crippen molar-refractivity contribution in [3.8, 4) is 0 Å². The highest BCUT2D eigenvalue weighted by atomic mass is 35.5. The minimum Gasteiger partial charge on any atom is -0.389 e. The van der Waals surface area contributed by atoms with Gasteiger partial charge in [0.15, 0.2) is 5.52 Å². The van der Waals surface area contributed by atoms with Gasteiger partial charge in [-0.1, -0.05) is 11.6 Å². The third-order valence-electron chi connectivity index (χ3n) is 6.43. The van der Waals surface area contributed by atoms with Crippen LogP contribution in [-0.4, -0.2) is 63.8 Å². The highest BCUT2D eigenvalue weighted by Gasteiger charge is 2.36. The molecule has 11 nitrogen and oxygen atoms in total. The Hall–Kier alpha value is -3.44. The van der Waals surface area contributed by atoms with Crippen LogP contribution in [0.25, 0.3) is 22.2 Å². The average molecular weight is 486 g/mol. The molecule has 3 aromatic heterocycles. The maximum atomic E-state index is 12.8. The third-order valence-corrected chi connectivity index (χ3v) is 6.67. The number of imidazole rings is 2. The maximum Gasteiger partial charge on any atom is 0.332 e. The topological polar surface area (TPSA) is 131 Å². The lowest BCUT2D eigenvalue weighted by Crippen LogP contribution is -2.38. The standard InChI is InChI=1S/C22H24ClN7O4/c1-27-20-19(21(33)28(2)22(27)34)24-11-30(20)15-9-29(10-16(15)31)18(32)5-3-4-17-25-13-7-6-12(23)8-14(13)26-17/h6-8,11,15-16,31H,3-5,9-10H2,1-2H3,(H,25,26)/t15-,16-/m0/s1. The number of nitrogens with one attached hydrogen (secondary N) is 1. The number of H-pyrrole nitrogens is 1. The van der Waals surface area contributed by atoms with Gasteiger partial charge in [0.05, 0.1) is 29.5 Å². The summed E-state index contributed by atoms with van der Waals surface area (Å²) >= 11 is 6.01. The summed E-state index contributed by atoms with van der Waals surface area (Å²) in [6, 6.07) is 4.94. The van der Waals surface area contributed by atoms with Gasteiger partial charge in [0.1, 0.15) is 11.5 Å². The summed E-state index contributed by atoms with van der Waals surface area (Å²) in [4.78, 5) is 51.2. The number of nitrogens with zero attached hydrogens (tertiary/aromatic N) is 6. The van der Waals surface area contributed by atoms with E-state index in [1.807, 2.05) is 12.1 Å². The van der Waals surface area contributed by atoms with Gasteiger partial charge >= 0.3 is 5.69 Å². The molecule has 1 aliphatic heterocycles. The monoisotopic (exact) mass is 485 g/mol. The second kappa shape index (κ2) is 8.41. The maximum absolute atomic E-state index is 12.8. The molecular formula is C22H24ClN7O4. The molecule has 12 heteroatoms. The van der Waals surface area contributed by atoms with Gasteiger partial charge in [0.25, 0.3) is 5.56 Å². The third kappa shape index (κ3) is 3.70. The molecule has 4 aromatic rings. The van der Waals surface area contributed by atoms with Crippen molar-refractivity contribution < 1.29 is 9.90 Å². The van der Waals surface area contributed by atoms with E-state index in [2.05, 4.69) is 15.0 Å². The molecule has 0 bridgehead atoms. The van der Waals surface area contributed by atoms with Crippen LogP contribution >= 0.6 is 11.6 Å². The molecule has 178 valence electrons. The Morgan fingerprint density at radius 2 is 2.03 bits per heavy atom. The average Bonchev–Trinajstić information content (AvgIpc) is 3.52. The van der Waals surface area contributed by atoms with Crippen LogP contribution in [0.1, 0.15) is 24.7 Å². The summed E-state index contributed by atoms with van der Waals surface area (Å²) in [6.45, 7) is 0.434. The molecule has 0 aliphatic carbocycles. The van der Waals surface area contributed by atoms with Gasteiger partial charge in [-0.25, -0.2) is 14.8 Å².